The van der Waals surface area contributed by atoms with E-state index >= 15 is 0 Å². The molecule has 0 saturated heterocycles. The molecule has 0 radical (unpaired) electrons. The number of aryl methyl sites for hydroxylation is 2. The van der Waals surface area contributed by atoms with Gasteiger partial charge in [0.05, 0.1) is 22.8 Å². The third-order valence-corrected chi connectivity index (χ3v) is 9.78. The highest BCUT2D eigenvalue weighted by atomic mass is 14.8. The average molecular weight is 681 g/mol. The van der Waals surface area contributed by atoms with Crippen molar-refractivity contribution in [3.05, 3.63) is 84.0 Å². The predicted molar refractivity (Wildman–Crippen MR) is 226 cm³/mol. The smallest absolute Gasteiger partial charge is 0.0665 e. The Hall–Kier alpha value is -2.74. The highest BCUT2D eigenvalue weighted by Gasteiger charge is 2.13. The first-order valence-electron chi connectivity index (χ1n) is 21.3. The predicted octanol–water partition coefficient (Wildman–Crippen LogP) is 16.2. The summed E-state index contributed by atoms with van der Waals surface area (Å²) in [6, 6.07) is 17.7. The van der Waals surface area contributed by atoms with Gasteiger partial charge in [-0.15, -0.1) is 0 Å². The summed E-state index contributed by atoms with van der Waals surface area (Å²) in [5, 5.41) is 0. The summed E-state index contributed by atoms with van der Waals surface area (Å²) in [4.78, 5) is 11.0. The highest BCUT2D eigenvalue weighted by Crippen LogP contribution is 2.26. The van der Waals surface area contributed by atoms with Gasteiger partial charge < -0.3 is 0 Å². The first-order chi connectivity index (χ1) is 24.7. The summed E-state index contributed by atoms with van der Waals surface area (Å²) in [5.41, 5.74) is 7.44. The number of aliphatic imine (C=N–C) groups is 2. The van der Waals surface area contributed by atoms with Gasteiger partial charge in [-0.05, 0) is 113 Å². The summed E-state index contributed by atoms with van der Waals surface area (Å²) in [7, 11) is 0. The number of para-hydroxylation sites is 2. The lowest BCUT2D eigenvalue weighted by Gasteiger charge is -2.14. The molecule has 0 spiro atoms. The molecule has 0 unspecified atom stereocenters. The van der Waals surface area contributed by atoms with Crippen LogP contribution in [0, 0.1) is 0 Å². The maximum atomic E-state index is 5.49. The fraction of sp³-hybridized carbons (Fsp3) is 0.625. The van der Waals surface area contributed by atoms with E-state index in [2.05, 4.69) is 101 Å². The molecule has 0 aliphatic heterocycles. The Bertz CT molecular complexity index is 1220. The van der Waals surface area contributed by atoms with Gasteiger partial charge in [0, 0.05) is 0 Å². The zero-order chi connectivity index (χ0) is 35.7. The molecule has 0 N–H and O–H groups in total. The molecule has 0 atom stereocenters. The number of rotatable bonds is 31. The fourth-order valence-corrected chi connectivity index (χ4v) is 6.57. The van der Waals surface area contributed by atoms with Gasteiger partial charge in [0.25, 0.3) is 0 Å². The van der Waals surface area contributed by atoms with Crippen LogP contribution >= 0.6 is 0 Å². The molecule has 0 fully saturated rings. The molecule has 0 aliphatic rings. The SMILES string of the molecule is CCCCCCC/C=C/CCCc1ccccc1N=C(CCCC)C(CCCCCC)=Nc1ccccc1CCC/C=C/CCCCCCC. The first kappa shape index (κ1) is 43.4. The van der Waals surface area contributed by atoms with Crippen molar-refractivity contribution in [2.24, 2.45) is 9.98 Å². The molecule has 2 heteroatoms. The van der Waals surface area contributed by atoms with E-state index in [0.29, 0.717) is 0 Å². The highest BCUT2D eigenvalue weighted by molar-refractivity contribution is 6.43. The van der Waals surface area contributed by atoms with Crippen molar-refractivity contribution in [3.63, 3.8) is 0 Å². The van der Waals surface area contributed by atoms with E-state index in [4.69, 9.17) is 9.98 Å². The lowest BCUT2D eigenvalue weighted by molar-refractivity contribution is 0.637. The Kier molecular flexibility index (Phi) is 27.0. The quantitative estimate of drug-likeness (QED) is 0.0430. The van der Waals surface area contributed by atoms with Gasteiger partial charge in [-0.3, -0.25) is 9.98 Å². The van der Waals surface area contributed by atoms with Gasteiger partial charge in [0.2, 0.25) is 0 Å². The van der Waals surface area contributed by atoms with E-state index in [1.54, 1.807) is 0 Å². The summed E-state index contributed by atoms with van der Waals surface area (Å²) < 4.78 is 0. The summed E-state index contributed by atoms with van der Waals surface area (Å²) in [5.74, 6) is 0. The Morgan fingerprint density at radius 2 is 0.760 bits per heavy atom. The second-order valence-corrected chi connectivity index (χ2v) is 14.4. The Morgan fingerprint density at radius 1 is 0.400 bits per heavy atom. The normalized spacial score (nSPS) is 12.6. The zero-order valence-electron chi connectivity index (χ0n) is 33.2. The molecule has 2 aromatic rings. The van der Waals surface area contributed by atoms with Crippen LogP contribution in [0.25, 0.3) is 0 Å². The van der Waals surface area contributed by atoms with Crippen molar-refractivity contribution < 1.29 is 0 Å². The Balaban J connectivity index is 2.18. The van der Waals surface area contributed by atoms with Crippen molar-refractivity contribution in [1.82, 2.24) is 0 Å². The molecule has 0 amide bonds. The molecule has 2 rings (SSSR count). The van der Waals surface area contributed by atoms with Crippen LogP contribution in [0.15, 0.2) is 82.8 Å². The molecule has 0 saturated carbocycles. The van der Waals surface area contributed by atoms with E-state index in [9.17, 15) is 0 Å². The van der Waals surface area contributed by atoms with Gasteiger partial charge in [-0.1, -0.05) is 165 Å². The zero-order valence-corrected chi connectivity index (χ0v) is 33.2. The topological polar surface area (TPSA) is 24.7 Å². The van der Waals surface area contributed by atoms with Crippen molar-refractivity contribution in [2.75, 3.05) is 0 Å². The fourth-order valence-electron chi connectivity index (χ4n) is 6.57. The van der Waals surface area contributed by atoms with Crippen LogP contribution in [-0.2, 0) is 12.8 Å². The third-order valence-electron chi connectivity index (χ3n) is 9.78. The van der Waals surface area contributed by atoms with Gasteiger partial charge in [0.15, 0.2) is 0 Å². The molecule has 278 valence electrons. The average Bonchev–Trinajstić information content (AvgIpc) is 3.14. The Morgan fingerprint density at radius 3 is 1.20 bits per heavy atom. The van der Waals surface area contributed by atoms with Crippen LogP contribution in [0.2, 0.25) is 0 Å². The lowest BCUT2D eigenvalue weighted by Crippen LogP contribution is -2.15. The number of allylic oxidation sites excluding steroid dienone is 4. The lowest BCUT2D eigenvalue weighted by atomic mass is 10.0. The van der Waals surface area contributed by atoms with Gasteiger partial charge >= 0.3 is 0 Å². The van der Waals surface area contributed by atoms with E-state index in [1.807, 2.05) is 0 Å². The van der Waals surface area contributed by atoms with E-state index < -0.39 is 0 Å². The standard InChI is InChI=1S/C48H76N2/c1-5-9-13-16-18-20-22-24-26-28-35-43-37-31-33-40-45(43)49-47(39-12-8-4)48(42-30-15-11-7-3)50-46-41-34-32-38-44(46)36-29-27-25-23-21-19-17-14-10-6-2/h22-25,31-34,37-38,40-41H,5-21,26-30,35-36,39,42H2,1-4H3/b24-22+,25-23+,49-47?,50-48?. The van der Waals surface area contributed by atoms with E-state index in [0.717, 1.165) is 62.7 Å². The molecule has 0 bridgehead atoms. The molecular weight excluding hydrogens is 605 g/mol. The van der Waals surface area contributed by atoms with Crippen molar-refractivity contribution in [3.8, 4) is 0 Å². The van der Waals surface area contributed by atoms with E-state index in [-0.39, 0.29) is 0 Å². The monoisotopic (exact) mass is 681 g/mol. The molecular formula is C48H76N2. The van der Waals surface area contributed by atoms with Gasteiger partial charge in [-0.2, -0.15) is 0 Å². The van der Waals surface area contributed by atoms with E-state index in [1.165, 1.54) is 138 Å². The molecule has 0 aliphatic carbocycles. The number of hydrogen-bond donors (Lipinski definition) is 0. The van der Waals surface area contributed by atoms with Crippen LogP contribution in [0.3, 0.4) is 0 Å². The minimum absolute atomic E-state index is 0.990. The third kappa shape index (κ3) is 20.8. The second kappa shape index (κ2) is 31.0. The number of benzene rings is 2. The second-order valence-electron chi connectivity index (χ2n) is 14.4. The molecule has 0 heterocycles. The Labute approximate surface area is 310 Å². The summed E-state index contributed by atoms with van der Waals surface area (Å²) >= 11 is 0. The van der Waals surface area contributed by atoms with Crippen molar-refractivity contribution in [1.29, 1.82) is 0 Å². The number of unbranched alkanes of at least 4 members (excludes halogenated alkanes) is 16. The molecule has 0 aromatic heterocycles. The first-order valence-corrected chi connectivity index (χ1v) is 21.3. The van der Waals surface area contributed by atoms with Crippen LogP contribution in [0.1, 0.15) is 193 Å². The van der Waals surface area contributed by atoms with Crippen molar-refractivity contribution in [2.45, 2.75) is 195 Å². The van der Waals surface area contributed by atoms with Crippen LogP contribution < -0.4 is 0 Å². The summed E-state index contributed by atoms with van der Waals surface area (Å²) in [6.07, 6.45) is 41.7. The number of hydrogen-bond acceptors (Lipinski definition) is 2. The molecule has 2 nitrogen and oxygen atoms in total. The molecule has 2 aromatic carbocycles. The molecule has 50 heavy (non-hydrogen) atoms. The minimum atomic E-state index is 0.990. The maximum Gasteiger partial charge on any atom is 0.0665 e. The van der Waals surface area contributed by atoms with Crippen molar-refractivity contribution >= 4 is 22.8 Å². The maximum absolute atomic E-state index is 5.49. The van der Waals surface area contributed by atoms with Gasteiger partial charge in [-0.25, -0.2) is 0 Å². The van der Waals surface area contributed by atoms with Gasteiger partial charge in [0.1, 0.15) is 0 Å². The van der Waals surface area contributed by atoms with Crippen LogP contribution in [-0.4, -0.2) is 11.4 Å². The minimum Gasteiger partial charge on any atom is -0.251 e. The largest absolute Gasteiger partial charge is 0.251 e. The number of nitrogens with zero attached hydrogens (tertiary/aromatic N) is 2. The van der Waals surface area contributed by atoms with Crippen LogP contribution in [0.5, 0.6) is 0 Å². The van der Waals surface area contributed by atoms with Crippen LogP contribution in [0.4, 0.5) is 11.4 Å². The summed E-state index contributed by atoms with van der Waals surface area (Å²) in [6.45, 7) is 9.16.